The van der Waals surface area contributed by atoms with Crippen LogP contribution in [0.2, 0.25) is 0 Å². The minimum Gasteiger partial charge on any atom is -0.328 e. The summed E-state index contributed by atoms with van der Waals surface area (Å²) in [5, 5.41) is 0. The zero-order valence-corrected chi connectivity index (χ0v) is 18.9. The van der Waals surface area contributed by atoms with Crippen molar-refractivity contribution in [3.05, 3.63) is 70.8 Å². The first-order valence-corrected chi connectivity index (χ1v) is 11.5. The van der Waals surface area contributed by atoms with Crippen molar-refractivity contribution in [1.82, 2.24) is 9.80 Å². The van der Waals surface area contributed by atoms with Crippen molar-refractivity contribution in [2.24, 2.45) is 11.5 Å². The normalized spacial score (nSPS) is 19.3. The van der Waals surface area contributed by atoms with Crippen molar-refractivity contribution in [2.45, 2.75) is 64.7 Å². The van der Waals surface area contributed by atoms with Gasteiger partial charge in [0.2, 0.25) is 0 Å². The maximum atomic E-state index is 5.89. The molecule has 4 rings (SSSR count). The van der Waals surface area contributed by atoms with E-state index in [0.29, 0.717) is 12.1 Å². The highest BCUT2D eigenvalue weighted by molar-refractivity contribution is 5.23. The van der Waals surface area contributed by atoms with Crippen molar-refractivity contribution in [3.8, 4) is 0 Å². The second-order valence-corrected chi connectivity index (χ2v) is 9.21. The molecule has 2 aliphatic rings. The van der Waals surface area contributed by atoms with Crippen LogP contribution in [0.5, 0.6) is 0 Å². The van der Waals surface area contributed by atoms with E-state index < -0.39 is 0 Å². The first-order valence-electron chi connectivity index (χ1n) is 11.5. The molecule has 0 aliphatic carbocycles. The summed E-state index contributed by atoms with van der Waals surface area (Å²) in [6, 6.07) is 18.4. The molecule has 0 spiro atoms. The number of nitrogens with two attached hydrogens (primary N) is 2. The summed E-state index contributed by atoms with van der Waals surface area (Å²) in [7, 11) is 0. The van der Waals surface area contributed by atoms with Crippen molar-refractivity contribution in [2.75, 3.05) is 26.2 Å². The van der Waals surface area contributed by atoms with E-state index in [2.05, 4.69) is 72.2 Å². The fourth-order valence-corrected chi connectivity index (χ4v) is 4.36. The van der Waals surface area contributed by atoms with Gasteiger partial charge in [-0.3, -0.25) is 9.80 Å². The van der Waals surface area contributed by atoms with Crippen LogP contribution in [-0.4, -0.2) is 48.1 Å². The van der Waals surface area contributed by atoms with Crippen molar-refractivity contribution >= 4 is 0 Å². The third-order valence-corrected chi connectivity index (χ3v) is 6.24. The number of benzene rings is 2. The average molecular weight is 409 g/mol. The first kappa shape index (κ1) is 23.0. The Labute approximate surface area is 183 Å². The Balaban J connectivity index is 0.000000171. The van der Waals surface area contributed by atoms with Crippen LogP contribution in [0.4, 0.5) is 0 Å². The van der Waals surface area contributed by atoms with Gasteiger partial charge in [-0.25, -0.2) is 0 Å². The smallest absolute Gasteiger partial charge is 0.0233 e. The maximum Gasteiger partial charge on any atom is 0.0233 e. The van der Waals surface area contributed by atoms with Crippen LogP contribution < -0.4 is 11.5 Å². The quantitative estimate of drug-likeness (QED) is 0.807. The second kappa shape index (κ2) is 11.6. The van der Waals surface area contributed by atoms with Crippen molar-refractivity contribution < 1.29 is 0 Å². The fraction of sp³-hybridized carbons (Fsp3) is 0.538. The molecule has 0 bridgehead atoms. The van der Waals surface area contributed by atoms with Gasteiger partial charge >= 0.3 is 0 Å². The van der Waals surface area contributed by atoms with Gasteiger partial charge in [-0.05, 0) is 76.8 Å². The lowest BCUT2D eigenvalue weighted by Gasteiger charge is -2.30. The molecular formula is C26H40N4. The number of hydrogen-bond donors (Lipinski definition) is 2. The lowest BCUT2D eigenvalue weighted by Crippen LogP contribution is -2.39. The van der Waals surface area contributed by atoms with Gasteiger partial charge in [0.25, 0.3) is 0 Å². The molecule has 2 aliphatic heterocycles. The molecule has 2 saturated heterocycles. The van der Waals surface area contributed by atoms with Crippen molar-refractivity contribution in [3.63, 3.8) is 0 Å². The van der Waals surface area contributed by atoms with E-state index in [4.69, 9.17) is 11.5 Å². The lowest BCUT2D eigenvalue weighted by atomic mass is 10.0. The molecule has 0 atom stereocenters. The zero-order chi connectivity index (χ0) is 21.3. The molecule has 0 aromatic heterocycles. The Hall–Kier alpha value is -1.72. The van der Waals surface area contributed by atoms with E-state index in [-0.39, 0.29) is 0 Å². The Kier molecular flexibility index (Phi) is 8.88. The van der Waals surface area contributed by atoms with E-state index in [9.17, 15) is 0 Å². The van der Waals surface area contributed by atoms with Gasteiger partial charge in [-0.1, -0.05) is 59.7 Å². The van der Waals surface area contributed by atoms with Crippen LogP contribution in [0.1, 0.15) is 47.9 Å². The number of likely N-dealkylation sites (tertiary alicyclic amines) is 2. The molecule has 0 unspecified atom stereocenters. The van der Waals surface area contributed by atoms with Gasteiger partial charge in [0.05, 0.1) is 0 Å². The highest BCUT2D eigenvalue weighted by Gasteiger charge is 2.16. The summed E-state index contributed by atoms with van der Waals surface area (Å²) in [5.41, 5.74) is 17.3. The topological polar surface area (TPSA) is 58.5 Å². The Morgan fingerprint density at radius 1 is 0.667 bits per heavy atom. The summed E-state index contributed by atoms with van der Waals surface area (Å²) < 4.78 is 0. The van der Waals surface area contributed by atoms with Crippen LogP contribution in [0.3, 0.4) is 0 Å². The van der Waals surface area contributed by atoms with Crippen LogP contribution in [0.25, 0.3) is 0 Å². The van der Waals surface area contributed by atoms with Crippen molar-refractivity contribution in [1.29, 1.82) is 0 Å². The van der Waals surface area contributed by atoms with Crippen LogP contribution in [0.15, 0.2) is 48.5 Å². The van der Waals surface area contributed by atoms with Crippen LogP contribution >= 0.6 is 0 Å². The second-order valence-electron chi connectivity index (χ2n) is 9.21. The predicted octanol–water partition coefficient (Wildman–Crippen LogP) is 3.84. The Morgan fingerprint density at radius 3 is 1.37 bits per heavy atom. The molecule has 0 radical (unpaired) electrons. The molecule has 0 amide bonds. The van der Waals surface area contributed by atoms with E-state index in [0.717, 1.165) is 65.0 Å². The predicted molar refractivity (Wildman–Crippen MR) is 127 cm³/mol. The third kappa shape index (κ3) is 7.84. The van der Waals surface area contributed by atoms with Gasteiger partial charge in [0.1, 0.15) is 0 Å². The lowest BCUT2D eigenvalue weighted by molar-refractivity contribution is 0.205. The molecule has 4 heteroatoms. The fourth-order valence-electron chi connectivity index (χ4n) is 4.36. The first-order chi connectivity index (χ1) is 14.5. The Morgan fingerprint density at radius 2 is 1.03 bits per heavy atom. The van der Waals surface area contributed by atoms with Crippen LogP contribution in [-0.2, 0) is 13.1 Å². The summed E-state index contributed by atoms with van der Waals surface area (Å²) >= 11 is 0. The third-order valence-electron chi connectivity index (χ3n) is 6.24. The number of hydrogen-bond acceptors (Lipinski definition) is 4. The van der Waals surface area contributed by atoms with E-state index in [1.54, 1.807) is 0 Å². The summed E-state index contributed by atoms with van der Waals surface area (Å²) in [6.07, 6.45) is 4.58. The number of nitrogens with zero attached hydrogens (tertiary/aromatic N) is 2. The molecule has 30 heavy (non-hydrogen) atoms. The molecular weight excluding hydrogens is 368 g/mol. The molecule has 164 valence electrons. The van der Waals surface area contributed by atoms with Gasteiger partial charge in [-0.2, -0.15) is 0 Å². The summed E-state index contributed by atoms with van der Waals surface area (Å²) in [5.74, 6) is 0. The standard InChI is InChI=1S/2C13H20N2/c2*1-11-3-2-4-12(9-11)10-15-7-5-13(14)6-8-15/h2*2-4,9,13H,5-8,10,14H2,1H3. The number of rotatable bonds is 4. The minimum absolute atomic E-state index is 0.429. The highest BCUT2D eigenvalue weighted by Crippen LogP contribution is 2.14. The summed E-state index contributed by atoms with van der Waals surface area (Å²) in [4.78, 5) is 5.00. The van der Waals surface area contributed by atoms with E-state index >= 15 is 0 Å². The number of piperidine rings is 2. The minimum atomic E-state index is 0.429. The van der Waals surface area contributed by atoms with Gasteiger partial charge in [0, 0.05) is 25.2 Å². The molecule has 4 nitrogen and oxygen atoms in total. The highest BCUT2D eigenvalue weighted by atomic mass is 15.1. The number of aryl methyl sites for hydroxylation is 2. The molecule has 2 aromatic carbocycles. The molecule has 2 aromatic rings. The molecule has 2 fully saturated rings. The largest absolute Gasteiger partial charge is 0.328 e. The van der Waals surface area contributed by atoms with Gasteiger partial charge in [-0.15, -0.1) is 0 Å². The van der Waals surface area contributed by atoms with Gasteiger partial charge < -0.3 is 11.5 Å². The van der Waals surface area contributed by atoms with Crippen LogP contribution in [0, 0.1) is 13.8 Å². The maximum absolute atomic E-state index is 5.89. The van der Waals surface area contributed by atoms with E-state index in [1.807, 2.05) is 0 Å². The molecule has 0 saturated carbocycles. The SMILES string of the molecule is Cc1cccc(CN2CCC(N)CC2)c1.Cc1cccc(CN2CCC(N)CC2)c1. The van der Waals surface area contributed by atoms with Gasteiger partial charge in [0.15, 0.2) is 0 Å². The molecule has 2 heterocycles. The zero-order valence-electron chi connectivity index (χ0n) is 18.9. The summed E-state index contributed by atoms with van der Waals surface area (Å²) in [6.45, 7) is 11.0. The molecule has 4 N–H and O–H groups in total. The average Bonchev–Trinajstić information content (AvgIpc) is 2.72. The van der Waals surface area contributed by atoms with E-state index in [1.165, 1.54) is 22.3 Å². The Bertz CT molecular complexity index is 694. The monoisotopic (exact) mass is 408 g/mol.